The number of benzene rings is 2. The van der Waals surface area contributed by atoms with Gasteiger partial charge in [0.15, 0.2) is 0 Å². The molecule has 0 aliphatic carbocycles. The summed E-state index contributed by atoms with van der Waals surface area (Å²) < 4.78 is 0. The Morgan fingerprint density at radius 1 is 0.926 bits per heavy atom. The molecular weight excluding hydrogens is 336 g/mol. The van der Waals surface area contributed by atoms with Crippen molar-refractivity contribution in [3.8, 4) is 0 Å². The number of aryl methyl sites for hydroxylation is 1. The highest BCUT2D eigenvalue weighted by molar-refractivity contribution is 6.04. The number of rotatable bonds is 6. The third kappa shape index (κ3) is 4.14. The second-order valence-corrected chi connectivity index (χ2v) is 6.21. The Morgan fingerprint density at radius 3 is 2.33 bits per heavy atom. The summed E-state index contributed by atoms with van der Waals surface area (Å²) in [5, 5.41) is 0. The Balaban J connectivity index is 1.93. The van der Waals surface area contributed by atoms with E-state index in [1.54, 1.807) is 17.2 Å². The Hall–Kier alpha value is -3.21. The summed E-state index contributed by atoms with van der Waals surface area (Å²) in [6, 6.07) is 19.5. The summed E-state index contributed by atoms with van der Waals surface area (Å²) in [6.45, 7) is 7.29. The molecule has 5 nitrogen and oxygen atoms in total. The van der Waals surface area contributed by atoms with Crippen LogP contribution in [0.2, 0.25) is 0 Å². The number of amides is 1. The highest BCUT2D eigenvalue weighted by Crippen LogP contribution is 2.22. The Morgan fingerprint density at radius 2 is 1.67 bits per heavy atom. The first-order valence-electron chi connectivity index (χ1n) is 9.18. The molecule has 0 spiro atoms. The maximum atomic E-state index is 13.1. The standard InChI is InChI=1S/C22H24N4O/c1-4-25(19-13-9-10-17(3)16-19)21(27)20-14-15-23-22(24-20)26(5-2)18-11-7-6-8-12-18/h6-16H,4-5H2,1-3H3. The average molecular weight is 360 g/mol. The van der Waals surface area contributed by atoms with Gasteiger partial charge < -0.3 is 9.80 Å². The average Bonchev–Trinajstić information content (AvgIpc) is 2.70. The van der Waals surface area contributed by atoms with E-state index in [9.17, 15) is 4.79 Å². The predicted octanol–water partition coefficient (Wildman–Crippen LogP) is 4.61. The molecule has 27 heavy (non-hydrogen) atoms. The van der Waals surface area contributed by atoms with Crippen molar-refractivity contribution in [2.45, 2.75) is 20.8 Å². The molecule has 1 aromatic heterocycles. The van der Waals surface area contributed by atoms with Gasteiger partial charge in [0.2, 0.25) is 5.95 Å². The molecule has 0 radical (unpaired) electrons. The molecule has 0 N–H and O–H groups in total. The van der Waals surface area contributed by atoms with Gasteiger partial charge in [-0.15, -0.1) is 0 Å². The summed E-state index contributed by atoms with van der Waals surface area (Å²) in [7, 11) is 0. The fourth-order valence-corrected chi connectivity index (χ4v) is 3.02. The highest BCUT2D eigenvalue weighted by atomic mass is 16.2. The minimum atomic E-state index is -0.129. The van der Waals surface area contributed by atoms with E-state index in [4.69, 9.17) is 0 Å². The molecular formula is C22H24N4O. The molecule has 0 bridgehead atoms. The number of aromatic nitrogens is 2. The lowest BCUT2D eigenvalue weighted by Crippen LogP contribution is -2.32. The van der Waals surface area contributed by atoms with Crippen LogP contribution >= 0.6 is 0 Å². The van der Waals surface area contributed by atoms with Gasteiger partial charge in [0.1, 0.15) is 5.69 Å². The van der Waals surface area contributed by atoms with Crippen LogP contribution in [0.25, 0.3) is 0 Å². The lowest BCUT2D eigenvalue weighted by Gasteiger charge is -2.23. The Kier molecular flexibility index (Phi) is 5.81. The van der Waals surface area contributed by atoms with Crippen molar-refractivity contribution >= 4 is 23.2 Å². The predicted molar refractivity (Wildman–Crippen MR) is 110 cm³/mol. The Labute approximate surface area is 160 Å². The van der Waals surface area contributed by atoms with Gasteiger partial charge in [-0.05, 0) is 56.7 Å². The van der Waals surface area contributed by atoms with E-state index in [-0.39, 0.29) is 5.91 Å². The zero-order valence-electron chi connectivity index (χ0n) is 16.0. The lowest BCUT2D eigenvalue weighted by molar-refractivity contribution is 0.0983. The fourth-order valence-electron chi connectivity index (χ4n) is 3.02. The zero-order valence-corrected chi connectivity index (χ0v) is 16.0. The second-order valence-electron chi connectivity index (χ2n) is 6.21. The molecule has 2 aromatic carbocycles. The Bertz CT molecular complexity index is 911. The first kappa shape index (κ1) is 18.6. The second kappa shape index (κ2) is 8.45. The van der Waals surface area contributed by atoms with Crippen LogP contribution in [0.3, 0.4) is 0 Å². The first-order chi connectivity index (χ1) is 13.1. The van der Waals surface area contributed by atoms with Gasteiger partial charge in [-0.25, -0.2) is 9.97 Å². The van der Waals surface area contributed by atoms with E-state index in [2.05, 4.69) is 9.97 Å². The van der Waals surface area contributed by atoms with Crippen LogP contribution in [-0.2, 0) is 0 Å². The molecule has 1 heterocycles. The molecule has 0 saturated carbocycles. The number of carbonyl (C=O) groups is 1. The fraction of sp³-hybridized carbons (Fsp3) is 0.227. The summed E-state index contributed by atoms with van der Waals surface area (Å²) in [4.78, 5) is 25.8. The van der Waals surface area contributed by atoms with Crippen molar-refractivity contribution in [2.75, 3.05) is 22.9 Å². The van der Waals surface area contributed by atoms with Crippen molar-refractivity contribution in [3.05, 3.63) is 78.1 Å². The van der Waals surface area contributed by atoms with Crippen molar-refractivity contribution in [3.63, 3.8) is 0 Å². The molecule has 0 saturated heterocycles. The molecule has 0 fully saturated rings. The van der Waals surface area contributed by atoms with Crippen molar-refractivity contribution in [2.24, 2.45) is 0 Å². The molecule has 0 unspecified atom stereocenters. The number of para-hydroxylation sites is 1. The van der Waals surface area contributed by atoms with Crippen molar-refractivity contribution in [1.82, 2.24) is 9.97 Å². The van der Waals surface area contributed by atoms with Gasteiger partial charge in [0.25, 0.3) is 5.91 Å². The number of nitrogens with zero attached hydrogens (tertiary/aromatic N) is 4. The number of hydrogen-bond acceptors (Lipinski definition) is 4. The smallest absolute Gasteiger partial charge is 0.277 e. The van der Waals surface area contributed by atoms with Crippen LogP contribution < -0.4 is 9.80 Å². The monoisotopic (exact) mass is 360 g/mol. The van der Waals surface area contributed by atoms with Crippen LogP contribution in [0.15, 0.2) is 66.9 Å². The molecule has 0 aliphatic heterocycles. The van der Waals surface area contributed by atoms with Crippen LogP contribution in [0.4, 0.5) is 17.3 Å². The third-order valence-electron chi connectivity index (χ3n) is 4.36. The third-order valence-corrected chi connectivity index (χ3v) is 4.36. The molecule has 3 rings (SSSR count). The van der Waals surface area contributed by atoms with E-state index in [0.29, 0.717) is 24.7 Å². The molecule has 0 aliphatic rings. The van der Waals surface area contributed by atoms with Gasteiger partial charge in [-0.1, -0.05) is 30.3 Å². The van der Waals surface area contributed by atoms with Crippen molar-refractivity contribution in [1.29, 1.82) is 0 Å². The van der Waals surface area contributed by atoms with Gasteiger partial charge in [-0.3, -0.25) is 4.79 Å². The molecule has 1 amide bonds. The molecule has 3 aromatic rings. The normalized spacial score (nSPS) is 10.5. The van der Waals surface area contributed by atoms with Gasteiger partial charge in [-0.2, -0.15) is 0 Å². The molecule has 0 atom stereocenters. The maximum Gasteiger partial charge on any atom is 0.277 e. The maximum absolute atomic E-state index is 13.1. The zero-order chi connectivity index (χ0) is 19.2. The van der Waals surface area contributed by atoms with E-state index in [1.807, 2.05) is 80.3 Å². The van der Waals surface area contributed by atoms with Crippen LogP contribution in [0.5, 0.6) is 0 Å². The SMILES string of the molecule is CCN(C(=O)c1ccnc(N(CC)c2ccccc2)n1)c1cccc(C)c1. The van der Waals surface area contributed by atoms with E-state index < -0.39 is 0 Å². The first-order valence-corrected chi connectivity index (χ1v) is 9.18. The van der Waals surface area contributed by atoms with Gasteiger partial charge in [0, 0.05) is 30.7 Å². The summed E-state index contributed by atoms with van der Waals surface area (Å²) in [5.41, 5.74) is 3.37. The molecule has 5 heteroatoms. The quantitative estimate of drug-likeness (QED) is 0.644. The van der Waals surface area contributed by atoms with E-state index >= 15 is 0 Å². The van der Waals surface area contributed by atoms with Gasteiger partial charge in [0.05, 0.1) is 0 Å². The number of hydrogen-bond donors (Lipinski definition) is 0. The van der Waals surface area contributed by atoms with Crippen molar-refractivity contribution < 1.29 is 4.79 Å². The summed E-state index contributed by atoms with van der Waals surface area (Å²) >= 11 is 0. The summed E-state index contributed by atoms with van der Waals surface area (Å²) in [6.07, 6.45) is 1.64. The lowest BCUT2D eigenvalue weighted by atomic mass is 10.2. The number of anilines is 3. The van der Waals surface area contributed by atoms with Crippen LogP contribution in [-0.4, -0.2) is 29.0 Å². The largest absolute Gasteiger partial charge is 0.311 e. The van der Waals surface area contributed by atoms with E-state index in [0.717, 1.165) is 16.9 Å². The topological polar surface area (TPSA) is 49.3 Å². The van der Waals surface area contributed by atoms with Gasteiger partial charge >= 0.3 is 0 Å². The number of carbonyl (C=O) groups excluding carboxylic acids is 1. The van der Waals surface area contributed by atoms with Crippen LogP contribution in [0.1, 0.15) is 29.9 Å². The minimum absolute atomic E-state index is 0.129. The minimum Gasteiger partial charge on any atom is -0.311 e. The molecule has 138 valence electrons. The van der Waals surface area contributed by atoms with E-state index in [1.165, 1.54) is 0 Å². The highest BCUT2D eigenvalue weighted by Gasteiger charge is 2.19. The summed E-state index contributed by atoms with van der Waals surface area (Å²) in [5.74, 6) is 0.394. The van der Waals surface area contributed by atoms with Crippen LogP contribution in [0, 0.1) is 6.92 Å².